The highest BCUT2D eigenvalue weighted by Crippen LogP contribution is 2.11. The lowest BCUT2D eigenvalue weighted by Crippen LogP contribution is -2.46. The number of amides is 3. The highest BCUT2D eigenvalue weighted by atomic mass is 16.6. The fourth-order valence-electron chi connectivity index (χ4n) is 3.03. The molecule has 2 aromatic carbocycles. The monoisotopic (exact) mass is 410 g/mol. The third-order valence-electron chi connectivity index (χ3n) is 4.46. The average Bonchev–Trinajstić information content (AvgIpc) is 2.70. The second kappa shape index (κ2) is 11.1. The van der Waals surface area contributed by atoms with Crippen LogP contribution in [0, 0.1) is 0 Å². The molecule has 0 bridgehead atoms. The zero-order valence-electron chi connectivity index (χ0n) is 17.9. The van der Waals surface area contributed by atoms with Gasteiger partial charge < -0.3 is 9.64 Å². The normalized spacial score (nSPS) is 10.9. The molecule has 0 aliphatic heterocycles. The summed E-state index contributed by atoms with van der Waals surface area (Å²) in [6.45, 7) is 6.15. The number of carbonyl (C=O) groups is 3. The number of imide groups is 1. The SMILES string of the molecule is CC(C)(C)OC(=O)NC(=O)N(CCCc1ccccc1C=O)CCc1ccccc1. The van der Waals surface area contributed by atoms with E-state index in [2.05, 4.69) is 5.32 Å². The van der Waals surface area contributed by atoms with Crippen molar-refractivity contribution in [1.29, 1.82) is 0 Å². The van der Waals surface area contributed by atoms with Gasteiger partial charge in [-0.15, -0.1) is 0 Å². The number of rotatable bonds is 8. The number of benzene rings is 2. The number of hydrogen-bond acceptors (Lipinski definition) is 4. The number of urea groups is 1. The third-order valence-corrected chi connectivity index (χ3v) is 4.46. The molecule has 1 N–H and O–H groups in total. The number of aldehydes is 1. The summed E-state index contributed by atoms with van der Waals surface area (Å²) in [4.78, 5) is 37.5. The van der Waals surface area contributed by atoms with E-state index in [1.165, 1.54) is 0 Å². The Morgan fingerprint density at radius 2 is 1.63 bits per heavy atom. The first-order chi connectivity index (χ1) is 14.3. The summed E-state index contributed by atoms with van der Waals surface area (Å²) < 4.78 is 5.19. The zero-order chi connectivity index (χ0) is 22.0. The highest BCUT2D eigenvalue weighted by molar-refractivity contribution is 5.90. The Balaban J connectivity index is 1.99. The molecule has 0 fully saturated rings. The number of carbonyl (C=O) groups excluding carboxylic acids is 3. The summed E-state index contributed by atoms with van der Waals surface area (Å²) in [5.74, 6) is 0. The average molecular weight is 411 g/mol. The molecule has 0 aliphatic rings. The van der Waals surface area contributed by atoms with Gasteiger partial charge in [-0.1, -0.05) is 54.6 Å². The molecule has 30 heavy (non-hydrogen) atoms. The van der Waals surface area contributed by atoms with E-state index in [0.717, 1.165) is 17.4 Å². The molecule has 160 valence electrons. The van der Waals surface area contributed by atoms with Crippen molar-refractivity contribution in [2.24, 2.45) is 0 Å². The molecule has 0 aliphatic carbocycles. The van der Waals surface area contributed by atoms with Crippen LogP contribution in [0.25, 0.3) is 0 Å². The molecule has 0 heterocycles. The Morgan fingerprint density at radius 3 is 2.30 bits per heavy atom. The summed E-state index contributed by atoms with van der Waals surface area (Å²) in [6, 6.07) is 16.8. The molecular weight excluding hydrogens is 380 g/mol. The first-order valence-electron chi connectivity index (χ1n) is 10.1. The molecule has 0 atom stereocenters. The van der Waals surface area contributed by atoms with Gasteiger partial charge in [0.15, 0.2) is 0 Å². The topological polar surface area (TPSA) is 75.7 Å². The van der Waals surface area contributed by atoms with Crippen molar-refractivity contribution in [1.82, 2.24) is 10.2 Å². The van der Waals surface area contributed by atoms with Crippen LogP contribution in [0.4, 0.5) is 9.59 Å². The summed E-state index contributed by atoms with van der Waals surface area (Å²) in [5.41, 5.74) is 2.03. The van der Waals surface area contributed by atoms with Crippen molar-refractivity contribution in [3.05, 3.63) is 71.3 Å². The van der Waals surface area contributed by atoms with Crippen molar-refractivity contribution in [3.8, 4) is 0 Å². The lowest BCUT2D eigenvalue weighted by Gasteiger charge is -2.24. The summed E-state index contributed by atoms with van der Waals surface area (Å²) >= 11 is 0. The highest BCUT2D eigenvalue weighted by Gasteiger charge is 2.21. The van der Waals surface area contributed by atoms with E-state index in [4.69, 9.17) is 4.74 Å². The maximum absolute atomic E-state index is 12.7. The Hall–Kier alpha value is -3.15. The number of nitrogens with zero attached hydrogens (tertiary/aromatic N) is 1. The van der Waals surface area contributed by atoms with Gasteiger partial charge in [0.25, 0.3) is 0 Å². The van der Waals surface area contributed by atoms with E-state index in [9.17, 15) is 14.4 Å². The van der Waals surface area contributed by atoms with E-state index < -0.39 is 17.7 Å². The van der Waals surface area contributed by atoms with E-state index >= 15 is 0 Å². The summed E-state index contributed by atoms with van der Waals surface area (Å²) in [5, 5.41) is 2.31. The fourth-order valence-corrected chi connectivity index (χ4v) is 3.03. The molecule has 6 heteroatoms. The van der Waals surface area contributed by atoms with Crippen molar-refractivity contribution in [3.63, 3.8) is 0 Å². The predicted octanol–water partition coefficient (Wildman–Crippen LogP) is 4.62. The van der Waals surface area contributed by atoms with Gasteiger partial charge in [0, 0.05) is 18.7 Å². The molecule has 0 radical (unpaired) electrons. The minimum absolute atomic E-state index is 0.453. The van der Waals surface area contributed by atoms with Crippen LogP contribution in [-0.4, -0.2) is 42.0 Å². The smallest absolute Gasteiger partial charge is 0.415 e. The van der Waals surface area contributed by atoms with E-state index in [1.54, 1.807) is 31.7 Å². The van der Waals surface area contributed by atoms with Crippen LogP contribution in [-0.2, 0) is 17.6 Å². The van der Waals surface area contributed by atoms with Crippen LogP contribution in [0.3, 0.4) is 0 Å². The van der Waals surface area contributed by atoms with Gasteiger partial charge in [-0.2, -0.15) is 0 Å². The lowest BCUT2D eigenvalue weighted by atomic mass is 10.0. The minimum Gasteiger partial charge on any atom is -0.443 e. The van der Waals surface area contributed by atoms with E-state index in [0.29, 0.717) is 37.9 Å². The second-order valence-corrected chi connectivity index (χ2v) is 8.07. The van der Waals surface area contributed by atoms with Gasteiger partial charge in [0.1, 0.15) is 11.9 Å². The van der Waals surface area contributed by atoms with Crippen molar-refractivity contribution < 1.29 is 19.1 Å². The molecule has 2 aromatic rings. The van der Waals surface area contributed by atoms with Gasteiger partial charge in [0.05, 0.1) is 0 Å². The Bertz CT molecular complexity index is 844. The molecule has 3 amide bonds. The van der Waals surface area contributed by atoms with Crippen molar-refractivity contribution in [2.75, 3.05) is 13.1 Å². The third kappa shape index (κ3) is 8.07. The number of ether oxygens (including phenoxy) is 1. The number of hydrogen-bond donors (Lipinski definition) is 1. The second-order valence-electron chi connectivity index (χ2n) is 8.07. The molecule has 0 unspecified atom stereocenters. The zero-order valence-corrected chi connectivity index (χ0v) is 17.9. The molecule has 0 saturated heterocycles. The summed E-state index contributed by atoms with van der Waals surface area (Å²) in [7, 11) is 0. The Labute approximate surface area is 178 Å². The molecular formula is C24H30N2O4. The van der Waals surface area contributed by atoms with Crippen LogP contribution in [0.5, 0.6) is 0 Å². The molecule has 2 rings (SSSR count). The summed E-state index contributed by atoms with van der Waals surface area (Å²) in [6.07, 6.45) is 2.09. The maximum Gasteiger partial charge on any atom is 0.415 e. The van der Waals surface area contributed by atoms with Crippen molar-refractivity contribution >= 4 is 18.4 Å². The first kappa shape index (κ1) is 23.1. The van der Waals surface area contributed by atoms with E-state index in [1.807, 2.05) is 48.5 Å². The van der Waals surface area contributed by atoms with Gasteiger partial charge >= 0.3 is 12.1 Å². The standard InChI is InChI=1S/C24H30N2O4/c1-24(2,3)30-23(29)25-22(28)26(17-15-19-10-5-4-6-11-19)16-9-14-20-12-7-8-13-21(20)18-27/h4-8,10-13,18H,9,14-17H2,1-3H3,(H,25,28,29). The Kier molecular flexibility index (Phi) is 8.59. The minimum atomic E-state index is -0.761. The van der Waals surface area contributed by atoms with Gasteiger partial charge in [-0.25, -0.2) is 14.9 Å². The first-order valence-corrected chi connectivity index (χ1v) is 10.1. The number of alkyl carbamates (subject to hydrolysis) is 1. The molecule has 0 spiro atoms. The predicted molar refractivity (Wildman–Crippen MR) is 117 cm³/mol. The number of nitrogens with one attached hydrogen (secondary N) is 1. The van der Waals surface area contributed by atoms with Crippen LogP contribution in [0.1, 0.15) is 48.7 Å². The van der Waals surface area contributed by atoms with Crippen molar-refractivity contribution in [2.45, 2.75) is 45.6 Å². The van der Waals surface area contributed by atoms with Crippen LogP contribution in [0.2, 0.25) is 0 Å². The molecule has 0 aromatic heterocycles. The molecule has 0 saturated carbocycles. The lowest BCUT2D eigenvalue weighted by molar-refractivity contribution is 0.0534. The van der Waals surface area contributed by atoms with Crippen LogP contribution < -0.4 is 5.32 Å². The van der Waals surface area contributed by atoms with Gasteiger partial charge in [-0.05, 0) is 51.2 Å². The molecule has 6 nitrogen and oxygen atoms in total. The number of aryl methyl sites for hydroxylation is 1. The van der Waals surface area contributed by atoms with Gasteiger partial charge in [-0.3, -0.25) is 4.79 Å². The van der Waals surface area contributed by atoms with E-state index in [-0.39, 0.29) is 0 Å². The van der Waals surface area contributed by atoms with Gasteiger partial charge in [0.2, 0.25) is 0 Å². The Morgan fingerprint density at radius 1 is 0.967 bits per heavy atom. The van der Waals surface area contributed by atoms with Crippen LogP contribution >= 0.6 is 0 Å². The fraction of sp³-hybridized carbons (Fsp3) is 0.375. The quantitative estimate of drug-likeness (QED) is 0.644. The van der Waals surface area contributed by atoms with Crippen LogP contribution in [0.15, 0.2) is 54.6 Å². The maximum atomic E-state index is 12.7. The largest absolute Gasteiger partial charge is 0.443 e.